The van der Waals surface area contributed by atoms with E-state index in [1.54, 1.807) is 20.3 Å². The van der Waals surface area contributed by atoms with Crippen LogP contribution in [0.3, 0.4) is 0 Å². The van der Waals surface area contributed by atoms with Crippen LogP contribution in [-0.2, 0) is 6.42 Å². The molecule has 0 saturated heterocycles. The predicted octanol–water partition coefficient (Wildman–Crippen LogP) is 3.99. The summed E-state index contributed by atoms with van der Waals surface area (Å²) >= 11 is 0. The summed E-state index contributed by atoms with van der Waals surface area (Å²) in [7, 11) is 3.21. The standard InChI is InChI=1S/C20H18N2O2/c1-23-19-7-3-15(4-8-19)11-17(13-21)18(14-22)12-16-5-9-20(24-2)10-6-16/h3-11,18H,12H2,1-2H3. The van der Waals surface area contributed by atoms with Gasteiger partial charge in [-0.05, 0) is 47.9 Å². The van der Waals surface area contributed by atoms with Crippen molar-refractivity contribution in [1.29, 1.82) is 10.5 Å². The van der Waals surface area contributed by atoms with Crippen molar-refractivity contribution in [3.05, 3.63) is 65.2 Å². The van der Waals surface area contributed by atoms with E-state index in [2.05, 4.69) is 12.1 Å². The summed E-state index contributed by atoms with van der Waals surface area (Å²) in [4.78, 5) is 0. The van der Waals surface area contributed by atoms with Crippen molar-refractivity contribution in [2.75, 3.05) is 14.2 Å². The van der Waals surface area contributed by atoms with Gasteiger partial charge in [-0.3, -0.25) is 0 Å². The average molecular weight is 318 g/mol. The van der Waals surface area contributed by atoms with Gasteiger partial charge in [-0.2, -0.15) is 10.5 Å². The second kappa shape index (κ2) is 8.41. The normalized spacial score (nSPS) is 11.9. The molecule has 0 aliphatic heterocycles. The van der Waals surface area contributed by atoms with Crippen molar-refractivity contribution in [3.63, 3.8) is 0 Å². The largest absolute Gasteiger partial charge is 0.497 e. The van der Waals surface area contributed by atoms with Crippen LogP contribution in [0.5, 0.6) is 11.5 Å². The number of ether oxygens (including phenoxy) is 2. The molecule has 2 aromatic rings. The molecule has 1 unspecified atom stereocenters. The molecule has 0 aliphatic rings. The van der Waals surface area contributed by atoms with Crippen LogP contribution in [0.25, 0.3) is 6.08 Å². The Kier molecular flexibility index (Phi) is 6.00. The Morgan fingerprint density at radius 2 is 1.50 bits per heavy atom. The van der Waals surface area contributed by atoms with Gasteiger partial charge in [0, 0.05) is 5.57 Å². The maximum atomic E-state index is 9.46. The van der Waals surface area contributed by atoms with Gasteiger partial charge in [-0.25, -0.2) is 0 Å². The van der Waals surface area contributed by atoms with E-state index in [0.717, 1.165) is 22.6 Å². The van der Waals surface area contributed by atoms with Gasteiger partial charge in [0.1, 0.15) is 11.5 Å². The minimum atomic E-state index is -0.495. The van der Waals surface area contributed by atoms with E-state index in [4.69, 9.17) is 9.47 Å². The molecule has 0 saturated carbocycles. The Balaban J connectivity index is 2.20. The molecule has 2 aromatic carbocycles. The fourth-order valence-electron chi connectivity index (χ4n) is 2.31. The van der Waals surface area contributed by atoms with E-state index in [-0.39, 0.29) is 0 Å². The van der Waals surface area contributed by atoms with Gasteiger partial charge in [0.05, 0.1) is 32.3 Å². The number of nitriles is 2. The van der Waals surface area contributed by atoms with Crippen molar-refractivity contribution in [3.8, 4) is 23.6 Å². The summed E-state index contributed by atoms with van der Waals surface area (Å²) in [5.74, 6) is 1.02. The third kappa shape index (κ3) is 4.38. The molecule has 0 heterocycles. The number of nitrogens with zero attached hydrogens (tertiary/aromatic N) is 2. The van der Waals surface area contributed by atoms with E-state index < -0.39 is 5.92 Å². The van der Waals surface area contributed by atoms with E-state index in [1.807, 2.05) is 48.5 Å². The van der Waals surface area contributed by atoms with Gasteiger partial charge in [0.2, 0.25) is 0 Å². The predicted molar refractivity (Wildman–Crippen MR) is 92.4 cm³/mol. The molecule has 2 rings (SSSR count). The molecule has 0 aromatic heterocycles. The molecular formula is C20H18N2O2. The monoisotopic (exact) mass is 318 g/mol. The maximum Gasteiger partial charge on any atom is 0.118 e. The summed E-state index contributed by atoms with van der Waals surface area (Å²) in [6.07, 6.45) is 2.23. The number of methoxy groups -OCH3 is 2. The molecule has 0 spiro atoms. The molecule has 0 bridgehead atoms. The van der Waals surface area contributed by atoms with Crippen LogP contribution in [-0.4, -0.2) is 14.2 Å². The van der Waals surface area contributed by atoms with Crippen molar-refractivity contribution in [1.82, 2.24) is 0 Å². The fourth-order valence-corrected chi connectivity index (χ4v) is 2.31. The van der Waals surface area contributed by atoms with E-state index in [1.165, 1.54) is 0 Å². The zero-order valence-corrected chi connectivity index (χ0v) is 13.7. The summed E-state index contributed by atoms with van der Waals surface area (Å²) < 4.78 is 10.2. The highest BCUT2D eigenvalue weighted by molar-refractivity contribution is 5.59. The van der Waals surface area contributed by atoms with Crippen molar-refractivity contribution < 1.29 is 9.47 Å². The highest BCUT2D eigenvalue weighted by Crippen LogP contribution is 2.22. The number of hydrogen-bond donors (Lipinski definition) is 0. The second-order valence-corrected chi connectivity index (χ2v) is 5.22. The smallest absolute Gasteiger partial charge is 0.118 e. The topological polar surface area (TPSA) is 66.0 Å². The minimum absolute atomic E-state index is 0.443. The van der Waals surface area contributed by atoms with Crippen LogP contribution < -0.4 is 9.47 Å². The molecule has 120 valence electrons. The SMILES string of the molecule is COc1ccc(C=C(C#N)C(C#N)Cc2ccc(OC)cc2)cc1. The lowest BCUT2D eigenvalue weighted by atomic mass is 9.92. The molecular weight excluding hydrogens is 300 g/mol. The number of allylic oxidation sites excluding steroid dienone is 1. The van der Waals surface area contributed by atoms with Crippen LogP contribution in [0.15, 0.2) is 54.1 Å². The summed E-state index contributed by atoms with van der Waals surface area (Å²) in [5.41, 5.74) is 2.29. The molecule has 0 fully saturated rings. The molecule has 24 heavy (non-hydrogen) atoms. The number of benzene rings is 2. The summed E-state index contributed by atoms with van der Waals surface area (Å²) in [6, 6.07) is 19.3. The first kappa shape index (κ1) is 17.1. The van der Waals surface area contributed by atoms with Crippen LogP contribution in [0, 0.1) is 28.6 Å². The zero-order chi connectivity index (χ0) is 17.4. The third-order valence-electron chi connectivity index (χ3n) is 3.70. The first-order chi connectivity index (χ1) is 11.7. The van der Waals surface area contributed by atoms with Gasteiger partial charge in [0.15, 0.2) is 0 Å². The van der Waals surface area contributed by atoms with Gasteiger partial charge >= 0.3 is 0 Å². The number of hydrogen-bond acceptors (Lipinski definition) is 4. The molecule has 4 nitrogen and oxygen atoms in total. The van der Waals surface area contributed by atoms with Gasteiger partial charge in [0.25, 0.3) is 0 Å². The first-order valence-electron chi connectivity index (χ1n) is 7.48. The minimum Gasteiger partial charge on any atom is -0.497 e. The molecule has 0 radical (unpaired) electrons. The Morgan fingerprint density at radius 3 is 1.96 bits per heavy atom. The van der Waals surface area contributed by atoms with Crippen LogP contribution in [0.1, 0.15) is 11.1 Å². The van der Waals surface area contributed by atoms with Crippen LogP contribution in [0.2, 0.25) is 0 Å². The highest BCUT2D eigenvalue weighted by Gasteiger charge is 2.14. The highest BCUT2D eigenvalue weighted by atomic mass is 16.5. The Labute approximate surface area is 142 Å². The van der Waals surface area contributed by atoms with Gasteiger partial charge in [-0.1, -0.05) is 24.3 Å². The van der Waals surface area contributed by atoms with Gasteiger partial charge < -0.3 is 9.47 Å². The van der Waals surface area contributed by atoms with E-state index in [9.17, 15) is 10.5 Å². The Hall–Kier alpha value is -3.24. The first-order valence-corrected chi connectivity index (χ1v) is 7.48. The average Bonchev–Trinajstić information content (AvgIpc) is 2.65. The maximum absolute atomic E-state index is 9.46. The molecule has 0 aliphatic carbocycles. The molecule has 0 N–H and O–H groups in total. The van der Waals surface area contributed by atoms with Gasteiger partial charge in [-0.15, -0.1) is 0 Å². The second-order valence-electron chi connectivity index (χ2n) is 5.22. The zero-order valence-electron chi connectivity index (χ0n) is 13.7. The molecule has 1 atom stereocenters. The van der Waals surface area contributed by atoms with Crippen molar-refractivity contribution in [2.45, 2.75) is 6.42 Å². The quantitative estimate of drug-likeness (QED) is 0.755. The molecule has 0 amide bonds. The van der Waals surface area contributed by atoms with E-state index in [0.29, 0.717) is 12.0 Å². The lowest BCUT2D eigenvalue weighted by molar-refractivity contribution is 0.414. The number of rotatable bonds is 6. The lowest BCUT2D eigenvalue weighted by Crippen LogP contribution is -2.04. The van der Waals surface area contributed by atoms with Crippen LogP contribution in [0.4, 0.5) is 0 Å². The molecule has 4 heteroatoms. The van der Waals surface area contributed by atoms with Crippen LogP contribution >= 0.6 is 0 Å². The fraction of sp³-hybridized carbons (Fsp3) is 0.200. The third-order valence-corrected chi connectivity index (χ3v) is 3.70. The van der Waals surface area contributed by atoms with Crippen molar-refractivity contribution >= 4 is 6.08 Å². The summed E-state index contributed by atoms with van der Waals surface area (Å²) in [5, 5.41) is 18.9. The Bertz CT molecular complexity index is 778. The van der Waals surface area contributed by atoms with Crippen molar-refractivity contribution in [2.24, 2.45) is 5.92 Å². The summed E-state index contributed by atoms with van der Waals surface area (Å²) in [6.45, 7) is 0. The Morgan fingerprint density at radius 1 is 0.958 bits per heavy atom. The van der Waals surface area contributed by atoms with E-state index >= 15 is 0 Å². The lowest BCUT2D eigenvalue weighted by Gasteiger charge is -2.09.